The van der Waals surface area contributed by atoms with Gasteiger partial charge in [-0.1, -0.05) is 18.2 Å². The van der Waals surface area contributed by atoms with E-state index in [1.54, 1.807) is 6.92 Å². The molecule has 0 spiro atoms. The van der Waals surface area contributed by atoms with Gasteiger partial charge in [0.15, 0.2) is 0 Å². The van der Waals surface area contributed by atoms with E-state index < -0.39 is 23.1 Å². The average molecular weight is 281 g/mol. The quantitative estimate of drug-likeness (QED) is 0.624. The van der Waals surface area contributed by atoms with Crippen LogP contribution >= 0.6 is 11.6 Å². The molecule has 18 heavy (non-hydrogen) atoms. The Kier molecular flexibility index (Phi) is 5.02. The zero-order valence-corrected chi connectivity index (χ0v) is 10.4. The van der Waals surface area contributed by atoms with Gasteiger partial charge in [-0.05, 0) is 18.6 Å². The zero-order valence-electron chi connectivity index (χ0n) is 9.63. The lowest BCUT2D eigenvalue weighted by Gasteiger charge is -2.14. The highest BCUT2D eigenvalue weighted by Crippen LogP contribution is 2.32. The van der Waals surface area contributed by atoms with Gasteiger partial charge in [0, 0.05) is 6.42 Å². The second-order valence-corrected chi connectivity index (χ2v) is 4.11. The summed E-state index contributed by atoms with van der Waals surface area (Å²) in [6.07, 6.45) is -4.67. The second kappa shape index (κ2) is 6.09. The number of esters is 1. The van der Waals surface area contributed by atoms with E-state index in [9.17, 15) is 18.0 Å². The standard InChI is InChI=1S/C12H12ClF3O2/c1-2-18-11(17)10(13)7-8-5-3-4-6-9(8)12(14,15)16/h3-6,10H,2,7H2,1H3. The number of rotatable bonds is 4. The number of benzene rings is 1. The molecule has 1 aromatic carbocycles. The Morgan fingerprint density at radius 2 is 2.00 bits per heavy atom. The van der Waals surface area contributed by atoms with Crippen molar-refractivity contribution >= 4 is 17.6 Å². The Labute approximate surface area is 108 Å². The van der Waals surface area contributed by atoms with Crippen molar-refractivity contribution in [2.24, 2.45) is 0 Å². The van der Waals surface area contributed by atoms with Crippen molar-refractivity contribution in [2.45, 2.75) is 24.9 Å². The molecule has 1 atom stereocenters. The van der Waals surface area contributed by atoms with Crippen LogP contribution in [0.15, 0.2) is 24.3 Å². The minimum absolute atomic E-state index is 0.0157. The van der Waals surface area contributed by atoms with Crippen LogP contribution in [0.1, 0.15) is 18.1 Å². The molecule has 0 fully saturated rings. The molecule has 0 aliphatic heterocycles. The van der Waals surface area contributed by atoms with Gasteiger partial charge in [0.25, 0.3) is 0 Å². The largest absolute Gasteiger partial charge is 0.465 e. The summed E-state index contributed by atoms with van der Waals surface area (Å²) in [5.74, 6) is -0.712. The molecule has 0 radical (unpaired) electrons. The first-order chi connectivity index (χ1) is 8.36. The lowest BCUT2D eigenvalue weighted by molar-refractivity contribution is -0.143. The predicted molar refractivity (Wildman–Crippen MR) is 61.4 cm³/mol. The van der Waals surface area contributed by atoms with Gasteiger partial charge in [-0.25, -0.2) is 0 Å². The molecule has 0 heterocycles. The van der Waals surface area contributed by atoms with E-state index in [0.29, 0.717) is 0 Å². The Balaban J connectivity index is 2.88. The normalized spacial score (nSPS) is 13.2. The minimum Gasteiger partial charge on any atom is -0.465 e. The molecular formula is C12H12ClF3O2. The molecule has 0 saturated heterocycles. The Bertz CT molecular complexity index is 418. The molecule has 0 aliphatic carbocycles. The van der Waals surface area contributed by atoms with E-state index in [-0.39, 0.29) is 18.6 Å². The molecule has 0 amide bonds. The maximum absolute atomic E-state index is 12.7. The van der Waals surface area contributed by atoms with Crippen LogP contribution in [0.4, 0.5) is 13.2 Å². The third-order valence-electron chi connectivity index (χ3n) is 2.26. The third-order valence-corrected chi connectivity index (χ3v) is 2.60. The average Bonchev–Trinajstić information content (AvgIpc) is 2.28. The van der Waals surface area contributed by atoms with Crippen LogP contribution in [0.25, 0.3) is 0 Å². The van der Waals surface area contributed by atoms with Crippen molar-refractivity contribution < 1.29 is 22.7 Å². The Hall–Kier alpha value is -1.23. The SMILES string of the molecule is CCOC(=O)C(Cl)Cc1ccccc1C(F)(F)F. The lowest BCUT2D eigenvalue weighted by atomic mass is 10.0. The Morgan fingerprint density at radius 1 is 1.39 bits per heavy atom. The molecule has 1 aromatic rings. The zero-order chi connectivity index (χ0) is 13.8. The first-order valence-electron chi connectivity index (χ1n) is 5.32. The highest BCUT2D eigenvalue weighted by Gasteiger charge is 2.33. The van der Waals surface area contributed by atoms with Crippen LogP contribution < -0.4 is 0 Å². The molecule has 0 saturated carbocycles. The highest BCUT2D eigenvalue weighted by molar-refractivity contribution is 6.30. The fourth-order valence-electron chi connectivity index (χ4n) is 1.48. The fourth-order valence-corrected chi connectivity index (χ4v) is 1.71. The van der Waals surface area contributed by atoms with E-state index in [4.69, 9.17) is 11.6 Å². The summed E-state index contributed by atoms with van der Waals surface area (Å²) < 4.78 is 42.7. The Morgan fingerprint density at radius 3 is 2.56 bits per heavy atom. The molecule has 6 heteroatoms. The summed E-state index contributed by atoms with van der Waals surface area (Å²) in [6.45, 7) is 1.74. The predicted octanol–water partition coefficient (Wildman–Crippen LogP) is 3.42. The highest BCUT2D eigenvalue weighted by atomic mass is 35.5. The van der Waals surface area contributed by atoms with Crippen molar-refractivity contribution in [1.82, 2.24) is 0 Å². The molecule has 0 bridgehead atoms. The van der Waals surface area contributed by atoms with Crippen molar-refractivity contribution in [3.8, 4) is 0 Å². The number of carbonyl (C=O) groups excluding carboxylic acids is 1. The van der Waals surface area contributed by atoms with Crippen LogP contribution in [0, 0.1) is 0 Å². The number of halogens is 4. The van der Waals surface area contributed by atoms with Gasteiger partial charge in [0.1, 0.15) is 5.38 Å². The maximum atomic E-state index is 12.7. The molecular weight excluding hydrogens is 269 g/mol. The summed E-state index contributed by atoms with van der Waals surface area (Å²) in [5, 5.41) is -1.12. The van der Waals surface area contributed by atoms with Crippen LogP contribution in [0.2, 0.25) is 0 Å². The summed E-state index contributed by atoms with van der Waals surface area (Å²) in [7, 11) is 0. The van der Waals surface area contributed by atoms with Gasteiger partial charge in [0.05, 0.1) is 12.2 Å². The molecule has 1 rings (SSSR count). The van der Waals surface area contributed by atoms with Gasteiger partial charge < -0.3 is 4.74 Å². The maximum Gasteiger partial charge on any atom is 0.416 e. The monoisotopic (exact) mass is 280 g/mol. The lowest BCUT2D eigenvalue weighted by Crippen LogP contribution is -2.22. The number of ether oxygens (including phenoxy) is 1. The van der Waals surface area contributed by atoms with E-state index in [2.05, 4.69) is 4.74 Å². The van der Waals surface area contributed by atoms with Crippen molar-refractivity contribution in [3.63, 3.8) is 0 Å². The fraction of sp³-hybridized carbons (Fsp3) is 0.417. The first kappa shape index (κ1) is 14.8. The van der Waals surface area contributed by atoms with Crippen LogP contribution in [-0.2, 0) is 22.1 Å². The number of carbonyl (C=O) groups is 1. The van der Waals surface area contributed by atoms with Crippen molar-refractivity contribution in [3.05, 3.63) is 35.4 Å². The minimum atomic E-state index is -4.46. The molecule has 0 aliphatic rings. The molecule has 1 unspecified atom stereocenters. The number of hydrogen-bond acceptors (Lipinski definition) is 2. The summed E-state index contributed by atoms with van der Waals surface area (Å²) in [6, 6.07) is 5.03. The van der Waals surface area contributed by atoms with E-state index in [0.717, 1.165) is 6.07 Å². The van der Waals surface area contributed by atoms with Crippen LogP contribution in [0.3, 0.4) is 0 Å². The number of hydrogen-bond donors (Lipinski definition) is 0. The molecule has 2 nitrogen and oxygen atoms in total. The van der Waals surface area contributed by atoms with Crippen molar-refractivity contribution in [1.29, 1.82) is 0 Å². The summed E-state index contributed by atoms with van der Waals surface area (Å²) in [5.41, 5.74) is -0.794. The topological polar surface area (TPSA) is 26.3 Å². The third kappa shape index (κ3) is 3.91. The van der Waals surface area contributed by atoms with E-state index in [1.807, 2.05) is 0 Å². The van der Waals surface area contributed by atoms with Gasteiger partial charge in [-0.2, -0.15) is 13.2 Å². The van der Waals surface area contributed by atoms with Gasteiger partial charge in [0.2, 0.25) is 0 Å². The molecule has 100 valence electrons. The van der Waals surface area contributed by atoms with Gasteiger partial charge in [-0.3, -0.25) is 4.79 Å². The van der Waals surface area contributed by atoms with Crippen LogP contribution in [-0.4, -0.2) is 18.0 Å². The molecule has 0 N–H and O–H groups in total. The first-order valence-corrected chi connectivity index (χ1v) is 5.75. The second-order valence-electron chi connectivity index (χ2n) is 3.58. The van der Waals surface area contributed by atoms with Gasteiger partial charge in [-0.15, -0.1) is 11.6 Å². The number of alkyl halides is 4. The van der Waals surface area contributed by atoms with Crippen LogP contribution in [0.5, 0.6) is 0 Å². The van der Waals surface area contributed by atoms with E-state index in [1.165, 1.54) is 18.2 Å². The summed E-state index contributed by atoms with van der Waals surface area (Å²) >= 11 is 5.72. The molecule has 0 aromatic heterocycles. The van der Waals surface area contributed by atoms with Crippen molar-refractivity contribution in [2.75, 3.05) is 6.61 Å². The smallest absolute Gasteiger partial charge is 0.416 e. The van der Waals surface area contributed by atoms with Gasteiger partial charge >= 0.3 is 12.1 Å². The summed E-state index contributed by atoms with van der Waals surface area (Å²) in [4.78, 5) is 11.3. The van der Waals surface area contributed by atoms with E-state index >= 15 is 0 Å².